The predicted octanol–water partition coefficient (Wildman–Crippen LogP) is 4.98. The Balaban J connectivity index is 1.42. The molecule has 1 N–H and O–H groups in total. The van der Waals surface area contributed by atoms with Crippen LogP contribution in [0.3, 0.4) is 0 Å². The zero-order chi connectivity index (χ0) is 23.8. The smallest absolute Gasteiger partial charge is 0.244 e. The highest BCUT2D eigenvalue weighted by atomic mass is 79.9. The first-order chi connectivity index (χ1) is 16.3. The van der Waals surface area contributed by atoms with Crippen LogP contribution < -0.4 is 5.32 Å². The molecule has 4 aliphatic rings. The SMILES string of the molecule is O=C(CN1C(=O)[C@@H]2[C@H](C1=O)C1(Cl)c3ccccc3C2(Cl)c2ccccc21)Nc1ccc(Br)cc1. The maximum Gasteiger partial charge on any atom is 0.244 e. The van der Waals surface area contributed by atoms with Crippen molar-refractivity contribution in [2.24, 2.45) is 11.8 Å². The molecule has 0 aromatic heterocycles. The normalized spacial score (nSPS) is 28.4. The van der Waals surface area contributed by atoms with E-state index in [-0.39, 0.29) is 0 Å². The number of carbonyl (C=O) groups is 3. The predicted molar refractivity (Wildman–Crippen MR) is 133 cm³/mol. The van der Waals surface area contributed by atoms with E-state index in [0.29, 0.717) is 5.69 Å². The van der Waals surface area contributed by atoms with Crippen LogP contribution in [0.1, 0.15) is 22.3 Å². The maximum atomic E-state index is 13.7. The van der Waals surface area contributed by atoms with Gasteiger partial charge < -0.3 is 5.32 Å². The summed E-state index contributed by atoms with van der Waals surface area (Å²) in [6.45, 7) is -0.409. The molecule has 3 aliphatic carbocycles. The monoisotopic (exact) mass is 554 g/mol. The number of hydrogen-bond donors (Lipinski definition) is 1. The maximum absolute atomic E-state index is 13.7. The molecule has 7 rings (SSSR count). The quantitative estimate of drug-likeness (QED) is 0.366. The van der Waals surface area contributed by atoms with Crippen LogP contribution in [0, 0.1) is 11.8 Å². The lowest BCUT2D eigenvalue weighted by atomic mass is 9.54. The Kier molecular flexibility index (Phi) is 4.76. The van der Waals surface area contributed by atoms with Crippen molar-refractivity contribution >= 4 is 62.5 Å². The molecule has 3 amide bonds. The second-order valence-corrected chi connectivity index (χ2v) is 10.9. The average Bonchev–Trinajstić information content (AvgIpc) is 3.10. The number of alkyl halides is 2. The number of nitrogens with zero attached hydrogens (tertiary/aromatic N) is 1. The van der Waals surface area contributed by atoms with E-state index >= 15 is 0 Å². The van der Waals surface area contributed by atoms with Crippen LogP contribution >= 0.6 is 39.1 Å². The van der Waals surface area contributed by atoms with Gasteiger partial charge in [-0.1, -0.05) is 64.5 Å². The molecule has 1 aliphatic heterocycles. The zero-order valence-electron chi connectivity index (χ0n) is 17.6. The number of carbonyl (C=O) groups excluding carboxylic acids is 3. The first kappa shape index (κ1) is 21.8. The summed E-state index contributed by atoms with van der Waals surface area (Å²) in [5, 5.41) is 2.74. The van der Waals surface area contributed by atoms with Crippen molar-refractivity contribution in [3.63, 3.8) is 0 Å². The van der Waals surface area contributed by atoms with Crippen molar-refractivity contribution in [2.45, 2.75) is 9.75 Å². The molecule has 2 atom stereocenters. The van der Waals surface area contributed by atoms with Crippen LogP contribution in [-0.2, 0) is 24.1 Å². The molecule has 5 nitrogen and oxygen atoms in total. The van der Waals surface area contributed by atoms with Crippen molar-refractivity contribution in [1.29, 1.82) is 0 Å². The van der Waals surface area contributed by atoms with E-state index in [0.717, 1.165) is 31.6 Å². The fourth-order valence-corrected chi connectivity index (χ4v) is 7.12. The van der Waals surface area contributed by atoms with E-state index in [2.05, 4.69) is 21.2 Å². The lowest BCUT2D eigenvalue weighted by Gasteiger charge is -2.54. The minimum absolute atomic E-state index is 0.409. The number of hydrogen-bond acceptors (Lipinski definition) is 3. The molecule has 1 saturated heterocycles. The fourth-order valence-electron chi connectivity index (χ4n) is 5.76. The van der Waals surface area contributed by atoms with Gasteiger partial charge in [-0.15, -0.1) is 23.2 Å². The average molecular weight is 556 g/mol. The number of likely N-dealkylation sites (tertiary alicyclic amines) is 1. The summed E-state index contributed by atoms with van der Waals surface area (Å²) in [6, 6.07) is 21.9. The highest BCUT2D eigenvalue weighted by Gasteiger charge is 2.73. The summed E-state index contributed by atoms with van der Waals surface area (Å²) in [5.41, 5.74) is 3.48. The molecule has 2 bridgehead atoms. The second-order valence-electron chi connectivity index (χ2n) is 8.79. The van der Waals surface area contributed by atoms with Gasteiger partial charge >= 0.3 is 0 Å². The molecule has 1 heterocycles. The fraction of sp³-hybridized carbons (Fsp3) is 0.192. The Morgan fingerprint density at radius 2 is 1.21 bits per heavy atom. The highest BCUT2D eigenvalue weighted by Crippen LogP contribution is 2.69. The summed E-state index contributed by atoms with van der Waals surface area (Å²) in [6.07, 6.45) is 0. The number of rotatable bonds is 3. The third-order valence-electron chi connectivity index (χ3n) is 7.11. The molecular formula is C26H17BrCl2N2O3. The molecule has 34 heavy (non-hydrogen) atoms. The van der Waals surface area contributed by atoms with Crippen LogP contribution in [0.5, 0.6) is 0 Å². The topological polar surface area (TPSA) is 66.5 Å². The second kappa shape index (κ2) is 7.41. The van der Waals surface area contributed by atoms with Crippen LogP contribution in [0.25, 0.3) is 0 Å². The van der Waals surface area contributed by atoms with Gasteiger partial charge in [0.05, 0.1) is 11.8 Å². The molecule has 3 aromatic carbocycles. The Morgan fingerprint density at radius 3 is 1.62 bits per heavy atom. The van der Waals surface area contributed by atoms with E-state index in [1.807, 2.05) is 48.5 Å². The minimum Gasteiger partial charge on any atom is -0.325 e. The molecular weight excluding hydrogens is 539 g/mol. The standard InChI is InChI=1S/C26H17BrCl2N2O3/c27-14-9-11-15(12-10-14)30-20(32)13-31-23(33)21-22(24(31)34)26(29)17-6-2-1-5-16(17)25(21,28)18-7-3-4-8-19(18)26/h1-12,21-22H,13H2,(H,30,32)/t21-,22+,25?,26?. The van der Waals surface area contributed by atoms with Gasteiger partial charge in [-0.2, -0.15) is 0 Å². The zero-order valence-corrected chi connectivity index (χ0v) is 20.7. The van der Waals surface area contributed by atoms with Crippen LogP contribution in [0.2, 0.25) is 0 Å². The lowest BCUT2D eigenvalue weighted by Crippen LogP contribution is -2.57. The van der Waals surface area contributed by atoms with Crippen LogP contribution in [0.15, 0.2) is 77.3 Å². The van der Waals surface area contributed by atoms with Gasteiger partial charge in [0.2, 0.25) is 17.7 Å². The number of halogens is 3. The molecule has 8 heteroatoms. The van der Waals surface area contributed by atoms with Crippen molar-refractivity contribution in [3.8, 4) is 0 Å². The minimum atomic E-state index is -1.25. The Morgan fingerprint density at radius 1 is 0.794 bits per heavy atom. The van der Waals surface area contributed by atoms with Gasteiger partial charge in [0.25, 0.3) is 0 Å². The summed E-state index contributed by atoms with van der Waals surface area (Å²) < 4.78 is 0.869. The first-order valence-corrected chi connectivity index (χ1v) is 12.3. The largest absolute Gasteiger partial charge is 0.325 e. The van der Waals surface area contributed by atoms with E-state index < -0.39 is 45.9 Å². The van der Waals surface area contributed by atoms with Gasteiger partial charge in [-0.25, -0.2) is 0 Å². The van der Waals surface area contributed by atoms with Crippen molar-refractivity contribution in [1.82, 2.24) is 4.90 Å². The third kappa shape index (κ3) is 2.70. The van der Waals surface area contributed by atoms with E-state index in [1.54, 1.807) is 24.3 Å². The van der Waals surface area contributed by atoms with Crippen LogP contribution in [-0.4, -0.2) is 29.2 Å². The van der Waals surface area contributed by atoms with Gasteiger partial charge in [0.1, 0.15) is 16.3 Å². The van der Waals surface area contributed by atoms with E-state index in [9.17, 15) is 14.4 Å². The van der Waals surface area contributed by atoms with Gasteiger partial charge in [0.15, 0.2) is 0 Å². The van der Waals surface area contributed by atoms with Gasteiger partial charge in [-0.05, 0) is 46.5 Å². The Hall–Kier alpha value is -2.67. The van der Waals surface area contributed by atoms with Gasteiger partial charge in [0, 0.05) is 10.2 Å². The molecule has 0 radical (unpaired) electrons. The van der Waals surface area contributed by atoms with Crippen molar-refractivity contribution in [3.05, 3.63) is 99.5 Å². The Labute approximate surface area is 214 Å². The molecule has 0 saturated carbocycles. The summed E-state index contributed by atoms with van der Waals surface area (Å²) in [4.78, 5) is 38.7. The summed E-state index contributed by atoms with van der Waals surface area (Å²) >= 11 is 18.1. The number of amides is 3. The molecule has 1 fully saturated rings. The number of anilines is 1. The third-order valence-corrected chi connectivity index (χ3v) is 8.92. The van der Waals surface area contributed by atoms with Crippen molar-refractivity contribution in [2.75, 3.05) is 11.9 Å². The molecule has 170 valence electrons. The first-order valence-electron chi connectivity index (χ1n) is 10.8. The number of imide groups is 1. The van der Waals surface area contributed by atoms with Gasteiger partial charge in [-0.3, -0.25) is 19.3 Å². The molecule has 3 aromatic rings. The highest BCUT2D eigenvalue weighted by molar-refractivity contribution is 9.10. The molecule has 0 spiro atoms. The number of benzene rings is 3. The lowest BCUT2D eigenvalue weighted by molar-refractivity contribution is -0.142. The summed E-state index contributed by atoms with van der Waals surface area (Å²) in [7, 11) is 0. The number of nitrogens with one attached hydrogen (secondary N) is 1. The van der Waals surface area contributed by atoms with Crippen LogP contribution in [0.4, 0.5) is 5.69 Å². The Bertz CT molecular complexity index is 1270. The van der Waals surface area contributed by atoms with E-state index in [1.165, 1.54) is 0 Å². The van der Waals surface area contributed by atoms with Crippen molar-refractivity contribution < 1.29 is 14.4 Å². The molecule has 0 unspecified atom stereocenters. The summed E-state index contributed by atoms with van der Waals surface area (Å²) in [5.74, 6) is -3.26. The van der Waals surface area contributed by atoms with E-state index in [4.69, 9.17) is 23.2 Å².